The summed E-state index contributed by atoms with van der Waals surface area (Å²) in [6, 6.07) is 11.6. The Bertz CT molecular complexity index is 939. The van der Waals surface area contributed by atoms with Crippen molar-refractivity contribution in [2.45, 2.75) is 13.8 Å². The number of carbonyl (C=O) groups excluding carboxylic acids is 2. The number of hydrogen-bond acceptors (Lipinski definition) is 5. The first-order valence-corrected chi connectivity index (χ1v) is 7.75. The average molecular weight is 349 g/mol. The molecule has 0 aliphatic heterocycles. The summed E-state index contributed by atoms with van der Waals surface area (Å²) in [4.78, 5) is 23.5. The number of amides is 1. The highest BCUT2D eigenvalue weighted by atomic mass is 16.5. The van der Waals surface area contributed by atoms with Crippen LogP contribution in [0, 0.1) is 25.2 Å². The Labute approximate surface area is 151 Å². The molecule has 0 aliphatic rings. The highest BCUT2D eigenvalue weighted by Crippen LogP contribution is 2.21. The average Bonchev–Trinajstić information content (AvgIpc) is 2.61. The number of ether oxygens (including phenoxy) is 1. The SMILES string of the molecule is COc1ccc(/C=C(\C#N)C(=O)Nc2ccc(C)cc2C)cc1C(=O)[O-]. The molecule has 0 bridgehead atoms. The van der Waals surface area contributed by atoms with Gasteiger partial charge in [0.25, 0.3) is 5.91 Å². The summed E-state index contributed by atoms with van der Waals surface area (Å²) < 4.78 is 4.96. The van der Waals surface area contributed by atoms with Crippen molar-refractivity contribution in [3.05, 3.63) is 64.2 Å². The third kappa shape index (κ3) is 4.28. The van der Waals surface area contributed by atoms with Crippen molar-refractivity contribution in [3.8, 4) is 11.8 Å². The van der Waals surface area contributed by atoms with E-state index in [9.17, 15) is 20.0 Å². The van der Waals surface area contributed by atoms with Gasteiger partial charge in [0.1, 0.15) is 17.4 Å². The van der Waals surface area contributed by atoms with Crippen LogP contribution in [0.3, 0.4) is 0 Å². The Balaban J connectivity index is 2.32. The Hall–Kier alpha value is -3.59. The number of hydrogen-bond donors (Lipinski definition) is 1. The number of nitriles is 1. The van der Waals surface area contributed by atoms with Gasteiger partial charge in [0, 0.05) is 11.3 Å². The second-order valence-electron chi connectivity index (χ2n) is 5.69. The van der Waals surface area contributed by atoms with E-state index in [1.807, 2.05) is 32.0 Å². The number of carbonyl (C=O) groups is 2. The highest BCUT2D eigenvalue weighted by molar-refractivity contribution is 6.10. The topological polar surface area (TPSA) is 102 Å². The lowest BCUT2D eigenvalue weighted by Gasteiger charge is -2.11. The molecule has 0 atom stereocenters. The fourth-order valence-electron chi connectivity index (χ4n) is 2.43. The number of carboxylic acid groups (broad SMARTS) is 1. The maximum atomic E-state index is 12.4. The van der Waals surface area contributed by atoms with Crippen molar-refractivity contribution < 1.29 is 19.4 Å². The normalized spacial score (nSPS) is 10.8. The molecule has 0 aromatic heterocycles. The monoisotopic (exact) mass is 349 g/mol. The second-order valence-corrected chi connectivity index (χ2v) is 5.69. The number of aryl methyl sites for hydroxylation is 2. The van der Waals surface area contributed by atoms with Gasteiger partial charge in [-0.15, -0.1) is 0 Å². The van der Waals surface area contributed by atoms with Crippen LogP contribution in [0.5, 0.6) is 5.75 Å². The van der Waals surface area contributed by atoms with E-state index in [4.69, 9.17) is 4.74 Å². The molecule has 132 valence electrons. The van der Waals surface area contributed by atoms with E-state index in [0.29, 0.717) is 11.3 Å². The second kappa shape index (κ2) is 7.99. The van der Waals surface area contributed by atoms with Crippen LogP contribution in [0.2, 0.25) is 0 Å². The fraction of sp³-hybridized carbons (Fsp3) is 0.150. The van der Waals surface area contributed by atoms with Crippen molar-refractivity contribution in [2.24, 2.45) is 0 Å². The lowest BCUT2D eigenvalue weighted by atomic mass is 10.1. The van der Waals surface area contributed by atoms with Gasteiger partial charge in [-0.05, 0) is 49.2 Å². The largest absolute Gasteiger partial charge is 0.545 e. The summed E-state index contributed by atoms with van der Waals surface area (Å²) in [5.41, 5.74) is 2.60. The van der Waals surface area contributed by atoms with Crippen molar-refractivity contribution in [1.29, 1.82) is 5.26 Å². The van der Waals surface area contributed by atoms with E-state index >= 15 is 0 Å². The lowest BCUT2D eigenvalue weighted by molar-refractivity contribution is -0.255. The molecule has 0 saturated carbocycles. The Morgan fingerprint density at radius 3 is 2.50 bits per heavy atom. The molecule has 0 radical (unpaired) electrons. The van der Waals surface area contributed by atoms with Crippen LogP contribution in [-0.2, 0) is 4.79 Å². The van der Waals surface area contributed by atoms with E-state index in [-0.39, 0.29) is 16.9 Å². The first-order valence-electron chi connectivity index (χ1n) is 7.75. The standard InChI is InChI=1S/C20H18N2O4/c1-12-4-6-17(13(2)8-12)22-19(23)15(11-21)9-14-5-7-18(26-3)16(10-14)20(24)25/h4-10H,1-3H3,(H,22,23)(H,24,25)/p-1/b15-9+. The van der Waals surface area contributed by atoms with Gasteiger partial charge in [-0.1, -0.05) is 23.8 Å². The van der Waals surface area contributed by atoms with Crippen LogP contribution in [0.1, 0.15) is 27.0 Å². The Morgan fingerprint density at radius 1 is 1.19 bits per heavy atom. The van der Waals surface area contributed by atoms with Gasteiger partial charge in [-0.3, -0.25) is 4.79 Å². The minimum atomic E-state index is -1.41. The summed E-state index contributed by atoms with van der Waals surface area (Å²) in [7, 11) is 1.34. The predicted octanol–water partition coefficient (Wildman–Crippen LogP) is 2.22. The number of nitrogens with one attached hydrogen (secondary N) is 1. The highest BCUT2D eigenvalue weighted by Gasteiger charge is 2.12. The molecule has 0 saturated heterocycles. The number of aromatic carboxylic acids is 1. The molecule has 0 spiro atoms. The maximum absolute atomic E-state index is 12.4. The van der Waals surface area contributed by atoms with Crippen LogP contribution in [0.25, 0.3) is 6.08 Å². The summed E-state index contributed by atoms with van der Waals surface area (Å²) >= 11 is 0. The first-order chi connectivity index (χ1) is 12.3. The van der Waals surface area contributed by atoms with Crippen LogP contribution >= 0.6 is 0 Å². The molecule has 0 unspecified atom stereocenters. The van der Waals surface area contributed by atoms with Gasteiger partial charge in [0.05, 0.1) is 13.1 Å². The molecule has 26 heavy (non-hydrogen) atoms. The zero-order valence-electron chi connectivity index (χ0n) is 14.6. The van der Waals surface area contributed by atoms with Gasteiger partial charge in [0.2, 0.25) is 0 Å². The van der Waals surface area contributed by atoms with Gasteiger partial charge in [-0.25, -0.2) is 0 Å². The van der Waals surface area contributed by atoms with Gasteiger partial charge in [0.15, 0.2) is 0 Å². The first kappa shape index (κ1) is 18.7. The van der Waals surface area contributed by atoms with Crippen LogP contribution < -0.4 is 15.2 Å². The molecule has 6 nitrogen and oxygen atoms in total. The fourth-order valence-corrected chi connectivity index (χ4v) is 2.43. The van der Waals surface area contributed by atoms with E-state index in [1.165, 1.54) is 25.3 Å². The zero-order chi connectivity index (χ0) is 19.3. The minimum Gasteiger partial charge on any atom is -0.545 e. The summed E-state index contributed by atoms with van der Waals surface area (Å²) in [6.45, 7) is 3.80. The molecule has 1 N–H and O–H groups in total. The number of anilines is 1. The molecule has 1 amide bonds. The van der Waals surface area contributed by atoms with Crippen molar-refractivity contribution in [1.82, 2.24) is 0 Å². The third-order valence-corrected chi connectivity index (χ3v) is 3.75. The van der Waals surface area contributed by atoms with Gasteiger partial charge < -0.3 is 20.0 Å². The zero-order valence-corrected chi connectivity index (χ0v) is 14.6. The smallest absolute Gasteiger partial charge is 0.266 e. The van der Waals surface area contributed by atoms with E-state index in [0.717, 1.165) is 11.1 Å². The minimum absolute atomic E-state index is 0.139. The number of methoxy groups -OCH3 is 1. The predicted molar refractivity (Wildman–Crippen MR) is 95.5 cm³/mol. The Morgan fingerprint density at radius 2 is 1.92 bits per heavy atom. The van der Waals surface area contributed by atoms with Gasteiger partial charge in [-0.2, -0.15) is 5.26 Å². The van der Waals surface area contributed by atoms with Crippen LogP contribution in [0.4, 0.5) is 5.69 Å². The summed E-state index contributed by atoms with van der Waals surface area (Å²) in [6.07, 6.45) is 1.31. The van der Waals surface area contributed by atoms with Crippen molar-refractivity contribution in [2.75, 3.05) is 12.4 Å². The number of benzene rings is 2. The third-order valence-electron chi connectivity index (χ3n) is 3.75. The van der Waals surface area contributed by atoms with Crippen LogP contribution in [-0.4, -0.2) is 19.0 Å². The summed E-state index contributed by atoms with van der Waals surface area (Å²) in [5.74, 6) is -1.85. The van der Waals surface area contributed by atoms with E-state index in [2.05, 4.69) is 5.32 Å². The van der Waals surface area contributed by atoms with Crippen molar-refractivity contribution in [3.63, 3.8) is 0 Å². The van der Waals surface area contributed by atoms with E-state index in [1.54, 1.807) is 12.1 Å². The number of carboxylic acids is 1. The molecule has 0 heterocycles. The van der Waals surface area contributed by atoms with Crippen molar-refractivity contribution >= 4 is 23.6 Å². The number of nitrogens with zero attached hydrogens (tertiary/aromatic N) is 1. The molecular formula is C20H17N2O4-. The Kier molecular flexibility index (Phi) is 5.76. The molecule has 2 aromatic rings. The van der Waals surface area contributed by atoms with E-state index < -0.39 is 11.9 Å². The lowest BCUT2D eigenvalue weighted by Crippen LogP contribution is -2.23. The molecule has 0 aliphatic carbocycles. The molecular weight excluding hydrogens is 332 g/mol. The number of rotatable bonds is 5. The molecule has 6 heteroatoms. The van der Waals surface area contributed by atoms with Crippen LogP contribution in [0.15, 0.2) is 42.0 Å². The molecule has 2 aromatic carbocycles. The quantitative estimate of drug-likeness (QED) is 0.659. The van der Waals surface area contributed by atoms with Gasteiger partial charge >= 0.3 is 0 Å². The molecule has 0 fully saturated rings. The molecule has 2 rings (SSSR count). The summed E-state index contributed by atoms with van der Waals surface area (Å²) in [5, 5.41) is 23.2. The maximum Gasteiger partial charge on any atom is 0.266 e.